The zero-order chi connectivity index (χ0) is 13.5. The van der Waals surface area contributed by atoms with Crippen LogP contribution >= 0.6 is 0 Å². The number of carbonyl (C=O) groups excluding carboxylic acids is 1. The second-order valence-corrected chi connectivity index (χ2v) is 4.89. The van der Waals surface area contributed by atoms with Gasteiger partial charge in [0.1, 0.15) is 5.75 Å². The second-order valence-electron chi connectivity index (χ2n) is 4.89. The van der Waals surface area contributed by atoms with Crippen LogP contribution in [-0.2, 0) is 0 Å². The molecule has 1 aliphatic heterocycles. The summed E-state index contributed by atoms with van der Waals surface area (Å²) in [5, 5.41) is 6.26. The fourth-order valence-corrected chi connectivity index (χ4v) is 2.08. The molecule has 1 aliphatic rings. The fraction of sp³-hybridized carbons (Fsp3) is 0.533. The van der Waals surface area contributed by atoms with Crippen LogP contribution in [0.25, 0.3) is 0 Å². The first-order valence-electron chi connectivity index (χ1n) is 7.04. The first kappa shape index (κ1) is 13.9. The Hall–Kier alpha value is -1.55. The molecule has 1 atom stereocenters. The van der Waals surface area contributed by atoms with Crippen LogP contribution < -0.4 is 15.4 Å². The van der Waals surface area contributed by atoms with Crippen molar-refractivity contribution in [3.8, 4) is 5.75 Å². The minimum absolute atomic E-state index is 0.00573. The van der Waals surface area contributed by atoms with Gasteiger partial charge in [0.05, 0.1) is 6.61 Å². The Bertz CT molecular complexity index is 397. The van der Waals surface area contributed by atoms with Crippen molar-refractivity contribution in [2.24, 2.45) is 0 Å². The number of unbranched alkanes of at least 4 members (excludes halogenated alkanes) is 1. The summed E-state index contributed by atoms with van der Waals surface area (Å²) in [5.74, 6) is 0.821. The molecule has 104 valence electrons. The van der Waals surface area contributed by atoms with Crippen LogP contribution in [0.2, 0.25) is 0 Å². The molecule has 0 aliphatic carbocycles. The van der Waals surface area contributed by atoms with Crippen LogP contribution in [0.3, 0.4) is 0 Å². The van der Waals surface area contributed by atoms with Crippen molar-refractivity contribution in [2.45, 2.75) is 32.2 Å². The molecule has 19 heavy (non-hydrogen) atoms. The van der Waals surface area contributed by atoms with E-state index < -0.39 is 0 Å². The van der Waals surface area contributed by atoms with Gasteiger partial charge in [0.15, 0.2) is 0 Å². The topological polar surface area (TPSA) is 50.4 Å². The normalized spacial score (nSPS) is 18.3. The monoisotopic (exact) mass is 262 g/mol. The van der Waals surface area contributed by atoms with Crippen molar-refractivity contribution in [1.29, 1.82) is 0 Å². The van der Waals surface area contributed by atoms with Gasteiger partial charge in [0, 0.05) is 18.2 Å². The molecule has 2 rings (SSSR count). The number of benzene rings is 1. The van der Waals surface area contributed by atoms with Gasteiger partial charge in [0.2, 0.25) is 0 Å². The van der Waals surface area contributed by atoms with E-state index in [0.717, 1.165) is 44.7 Å². The quantitative estimate of drug-likeness (QED) is 0.771. The minimum atomic E-state index is -0.00573. The lowest BCUT2D eigenvalue weighted by molar-refractivity contribution is 0.0940. The molecule has 1 aromatic rings. The third-order valence-electron chi connectivity index (χ3n) is 3.28. The molecule has 1 aromatic carbocycles. The highest BCUT2D eigenvalue weighted by atomic mass is 16.5. The molecule has 1 heterocycles. The summed E-state index contributed by atoms with van der Waals surface area (Å²) in [4.78, 5) is 12.0. The third kappa shape index (κ3) is 4.24. The van der Waals surface area contributed by atoms with Gasteiger partial charge in [-0.3, -0.25) is 4.79 Å². The lowest BCUT2D eigenvalue weighted by Gasteiger charge is -2.11. The smallest absolute Gasteiger partial charge is 0.251 e. The highest BCUT2D eigenvalue weighted by molar-refractivity contribution is 5.94. The number of hydrogen-bond acceptors (Lipinski definition) is 3. The van der Waals surface area contributed by atoms with E-state index in [4.69, 9.17) is 4.74 Å². The standard InChI is InChI=1S/C15H22N2O2/c1-2-3-10-19-14-6-4-12(5-7-14)15(18)17-13-8-9-16-11-13/h4-7,13,16H,2-3,8-11H2,1H3,(H,17,18). The molecule has 1 saturated heterocycles. The first-order valence-corrected chi connectivity index (χ1v) is 7.04. The van der Waals surface area contributed by atoms with Crippen molar-refractivity contribution in [2.75, 3.05) is 19.7 Å². The van der Waals surface area contributed by atoms with Crippen molar-refractivity contribution in [1.82, 2.24) is 10.6 Å². The molecule has 1 fully saturated rings. The average Bonchev–Trinajstić information content (AvgIpc) is 2.93. The van der Waals surface area contributed by atoms with Gasteiger partial charge in [-0.15, -0.1) is 0 Å². The van der Waals surface area contributed by atoms with E-state index in [0.29, 0.717) is 5.56 Å². The van der Waals surface area contributed by atoms with Crippen LogP contribution in [0.15, 0.2) is 24.3 Å². The van der Waals surface area contributed by atoms with Crippen LogP contribution in [0.4, 0.5) is 0 Å². The lowest BCUT2D eigenvalue weighted by atomic mass is 10.2. The lowest BCUT2D eigenvalue weighted by Crippen LogP contribution is -2.36. The summed E-state index contributed by atoms with van der Waals surface area (Å²) >= 11 is 0. The maximum absolute atomic E-state index is 12.0. The van der Waals surface area contributed by atoms with E-state index >= 15 is 0 Å². The molecule has 1 unspecified atom stereocenters. The second kappa shape index (κ2) is 7.14. The van der Waals surface area contributed by atoms with Gasteiger partial charge < -0.3 is 15.4 Å². The molecule has 4 heteroatoms. The van der Waals surface area contributed by atoms with Crippen molar-refractivity contribution >= 4 is 5.91 Å². The summed E-state index contributed by atoms with van der Waals surface area (Å²) in [6, 6.07) is 7.61. The Morgan fingerprint density at radius 3 is 2.84 bits per heavy atom. The summed E-state index contributed by atoms with van der Waals surface area (Å²) in [7, 11) is 0. The molecule has 4 nitrogen and oxygen atoms in total. The van der Waals surface area contributed by atoms with Crippen LogP contribution in [0.1, 0.15) is 36.5 Å². The largest absolute Gasteiger partial charge is 0.494 e. The molecule has 0 bridgehead atoms. The Labute approximate surface area is 114 Å². The SMILES string of the molecule is CCCCOc1ccc(C(=O)NC2CCNC2)cc1. The van der Waals surface area contributed by atoms with E-state index in [1.165, 1.54) is 0 Å². The predicted octanol–water partition coefficient (Wildman–Crippen LogP) is 1.96. The molecular formula is C15H22N2O2. The Balaban J connectivity index is 1.84. The third-order valence-corrected chi connectivity index (χ3v) is 3.28. The van der Waals surface area contributed by atoms with Gasteiger partial charge in [-0.05, 0) is 43.7 Å². The van der Waals surface area contributed by atoms with Crippen molar-refractivity contribution in [3.05, 3.63) is 29.8 Å². The van der Waals surface area contributed by atoms with Crippen LogP contribution in [-0.4, -0.2) is 31.6 Å². The Morgan fingerprint density at radius 2 is 2.21 bits per heavy atom. The number of carbonyl (C=O) groups is 1. The molecule has 1 amide bonds. The summed E-state index contributed by atoms with van der Waals surface area (Å²) in [6.07, 6.45) is 3.18. The predicted molar refractivity (Wildman–Crippen MR) is 75.6 cm³/mol. The number of nitrogens with one attached hydrogen (secondary N) is 2. The zero-order valence-corrected chi connectivity index (χ0v) is 11.4. The highest BCUT2D eigenvalue weighted by Gasteiger charge is 2.17. The van der Waals surface area contributed by atoms with Crippen molar-refractivity contribution < 1.29 is 9.53 Å². The average molecular weight is 262 g/mol. The number of amides is 1. The Kier molecular flexibility index (Phi) is 5.21. The molecule has 0 aromatic heterocycles. The number of rotatable bonds is 6. The van der Waals surface area contributed by atoms with E-state index in [1.54, 1.807) is 0 Å². The summed E-state index contributed by atoms with van der Waals surface area (Å²) in [5.41, 5.74) is 0.690. The fourth-order valence-electron chi connectivity index (χ4n) is 2.08. The van der Waals surface area contributed by atoms with Crippen LogP contribution in [0, 0.1) is 0 Å². The maximum atomic E-state index is 12.0. The minimum Gasteiger partial charge on any atom is -0.494 e. The van der Waals surface area contributed by atoms with Crippen molar-refractivity contribution in [3.63, 3.8) is 0 Å². The van der Waals surface area contributed by atoms with Gasteiger partial charge in [-0.1, -0.05) is 13.3 Å². The van der Waals surface area contributed by atoms with E-state index in [-0.39, 0.29) is 11.9 Å². The number of ether oxygens (including phenoxy) is 1. The zero-order valence-electron chi connectivity index (χ0n) is 11.4. The molecule has 0 radical (unpaired) electrons. The summed E-state index contributed by atoms with van der Waals surface area (Å²) in [6.45, 7) is 4.71. The molecular weight excluding hydrogens is 240 g/mol. The van der Waals surface area contributed by atoms with Gasteiger partial charge >= 0.3 is 0 Å². The van der Waals surface area contributed by atoms with Gasteiger partial charge in [0.25, 0.3) is 5.91 Å². The molecule has 0 spiro atoms. The Morgan fingerprint density at radius 1 is 1.42 bits per heavy atom. The number of hydrogen-bond donors (Lipinski definition) is 2. The molecule has 2 N–H and O–H groups in total. The summed E-state index contributed by atoms with van der Waals surface area (Å²) < 4.78 is 5.57. The van der Waals surface area contributed by atoms with E-state index in [9.17, 15) is 4.79 Å². The molecule has 0 saturated carbocycles. The van der Waals surface area contributed by atoms with Gasteiger partial charge in [-0.2, -0.15) is 0 Å². The maximum Gasteiger partial charge on any atom is 0.251 e. The van der Waals surface area contributed by atoms with Crippen LogP contribution in [0.5, 0.6) is 5.75 Å². The van der Waals surface area contributed by atoms with E-state index in [1.807, 2.05) is 24.3 Å². The highest BCUT2D eigenvalue weighted by Crippen LogP contribution is 2.13. The van der Waals surface area contributed by atoms with Gasteiger partial charge in [-0.25, -0.2) is 0 Å². The first-order chi connectivity index (χ1) is 9.29. The van der Waals surface area contributed by atoms with E-state index in [2.05, 4.69) is 17.6 Å².